The van der Waals surface area contributed by atoms with Gasteiger partial charge in [-0.25, -0.2) is 0 Å². The molecular formula is C10H23N3OS. The third kappa shape index (κ3) is 8.57. The van der Waals surface area contributed by atoms with Gasteiger partial charge in [0.2, 0.25) is 0 Å². The average Bonchev–Trinajstić information content (AvgIpc) is 2.26. The number of amidine groups is 1. The molecule has 0 saturated heterocycles. The minimum absolute atomic E-state index is 0.304. The fraction of sp³-hybridized carbons (Fsp3) is 0.900. The van der Waals surface area contributed by atoms with Crippen molar-refractivity contribution in [1.29, 1.82) is 0 Å². The van der Waals surface area contributed by atoms with Crippen LogP contribution in [-0.2, 0) is 0 Å². The van der Waals surface area contributed by atoms with Gasteiger partial charge in [0.25, 0.3) is 0 Å². The number of hydrogen-bond donors (Lipinski definition) is 3. The zero-order chi connectivity index (χ0) is 11.5. The molecule has 0 aromatic carbocycles. The van der Waals surface area contributed by atoms with Crippen LogP contribution in [0, 0.1) is 0 Å². The molecule has 0 aromatic heterocycles. The van der Waals surface area contributed by atoms with E-state index >= 15 is 0 Å². The number of hydrogen-bond acceptors (Lipinski definition) is 4. The summed E-state index contributed by atoms with van der Waals surface area (Å²) in [6.07, 6.45) is 6.18. The molecule has 0 fully saturated rings. The quantitative estimate of drug-likeness (QED) is 0.186. The van der Waals surface area contributed by atoms with E-state index in [9.17, 15) is 0 Å². The molecule has 0 bridgehead atoms. The fourth-order valence-electron chi connectivity index (χ4n) is 1.33. The predicted molar refractivity (Wildman–Crippen MR) is 67.7 cm³/mol. The summed E-state index contributed by atoms with van der Waals surface area (Å²) in [5.74, 6) is 1.53. The van der Waals surface area contributed by atoms with Gasteiger partial charge >= 0.3 is 0 Å². The van der Waals surface area contributed by atoms with Crippen molar-refractivity contribution in [3.05, 3.63) is 0 Å². The van der Waals surface area contributed by atoms with Gasteiger partial charge in [-0.15, -0.1) is 0 Å². The SMILES string of the molecule is CCC(CC(N)=NO)NCCCCSC. The predicted octanol–water partition coefficient (Wildman–Crippen LogP) is 1.63. The Balaban J connectivity index is 3.53. The van der Waals surface area contributed by atoms with Crippen molar-refractivity contribution in [2.24, 2.45) is 10.9 Å². The van der Waals surface area contributed by atoms with E-state index in [0.29, 0.717) is 18.3 Å². The largest absolute Gasteiger partial charge is 0.409 e. The number of oxime groups is 1. The first kappa shape index (κ1) is 14.6. The summed E-state index contributed by atoms with van der Waals surface area (Å²) in [5.41, 5.74) is 5.46. The molecule has 5 heteroatoms. The second-order valence-corrected chi connectivity index (χ2v) is 4.54. The first-order valence-electron chi connectivity index (χ1n) is 5.43. The Bertz CT molecular complexity index is 176. The van der Waals surface area contributed by atoms with Crippen LogP contribution < -0.4 is 11.1 Å². The van der Waals surface area contributed by atoms with Crippen LogP contribution in [-0.4, -0.2) is 35.6 Å². The molecule has 0 amide bonds. The summed E-state index contributed by atoms with van der Waals surface area (Å²) < 4.78 is 0. The first-order chi connectivity index (χ1) is 7.24. The van der Waals surface area contributed by atoms with E-state index in [4.69, 9.17) is 10.9 Å². The number of rotatable bonds is 9. The highest BCUT2D eigenvalue weighted by atomic mass is 32.2. The number of unbranched alkanes of at least 4 members (excludes halogenated alkanes) is 1. The summed E-state index contributed by atoms with van der Waals surface area (Å²) in [6, 6.07) is 0.329. The summed E-state index contributed by atoms with van der Waals surface area (Å²) in [7, 11) is 0. The molecular weight excluding hydrogens is 210 g/mol. The van der Waals surface area contributed by atoms with Crippen molar-refractivity contribution in [2.75, 3.05) is 18.6 Å². The van der Waals surface area contributed by atoms with E-state index in [0.717, 1.165) is 13.0 Å². The van der Waals surface area contributed by atoms with Gasteiger partial charge in [0.05, 0.1) is 0 Å². The highest BCUT2D eigenvalue weighted by Gasteiger charge is 2.07. The van der Waals surface area contributed by atoms with E-state index in [1.54, 1.807) is 0 Å². The van der Waals surface area contributed by atoms with Gasteiger partial charge < -0.3 is 16.3 Å². The zero-order valence-electron chi connectivity index (χ0n) is 9.70. The number of nitrogens with two attached hydrogens (primary N) is 1. The lowest BCUT2D eigenvalue weighted by Crippen LogP contribution is -2.33. The molecule has 0 aromatic rings. The van der Waals surface area contributed by atoms with Crippen LogP contribution >= 0.6 is 11.8 Å². The Kier molecular flexibility index (Phi) is 9.83. The molecule has 4 N–H and O–H groups in total. The maximum Gasteiger partial charge on any atom is 0.140 e. The van der Waals surface area contributed by atoms with Crippen LogP contribution in [0.25, 0.3) is 0 Å². The van der Waals surface area contributed by atoms with E-state index in [1.807, 2.05) is 11.8 Å². The van der Waals surface area contributed by atoms with Gasteiger partial charge in [-0.2, -0.15) is 11.8 Å². The molecule has 0 spiro atoms. The van der Waals surface area contributed by atoms with Crippen LogP contribution in [0.3, 0.4) is 0 Å². The number of nitrogens with zero attached hydrogens (tertiary/aromatic N) is 1. The molecule has 0 aliphatic heterocycles. The maximum atomic E-state index is 8.45. The minimum atomic E-state index is 0.304. The van der Waals surface area contributed by atoms with Crippen LogP contribution in [0.4, 0.5) is 0 Å². The highest BCUT2D eigenvalue weighted by Crippen LogP contribution is 2.01. The maximum absolute atomic E-state index is 8.45. The van der Waals surface area contributed by atoms with Crippen molar-refractivity contribution in [1.82, 2.24) is 5.32 Å². The third-order valence-corrected chi connectivity index (χ3v) is 2.98. The Hall–Kier alpha value is -0.420. The van der Waals surface area contributed by atoms with Crippen molar-refractivity contribution >= 4 is 17.6 Å². The molecule has 0 aliphatic rings. The summed E-state index contributed by atoms with van der Waals surface area (Å²) in [5, 5.41) is 14.9. The number of nitrogens with one attached hydrogen (secondary N) is 1. The average molecular weight is 233 g/mol. The zero-order valence-corrected chi connectivity index (χ0v) is 10.5. The highest BCUT2D eigenvalue weighted by molar-refractivity contribution is 7.98. The Morgan fingerprint density at radius 3 is 2.80 bits per heavy atom. The molecule has 15 heavy (non-hydrogen) atoms. The van der Waals surface area contributed by atoms with Crippen molar-refractivity contribution < 1.29 is 5.21 Å². The second-order valence-electron chi connectivity index (χ2n) is 3.55. The van der Waals surface area contributed by atoms with E-state index < -0.39 is 0 Å². The number of thioether (sulfide) groups is 1. The molecule has 0 heterocycles. The molecule has 0 radical (unpaired) electrons. The van der Waals surface area contributed by atoms with Crippen LogP contribution in [0.2, 0.25) is 0 Å². The first-order valence-corrected chi connectivity index (χ1v) is 6.82. The van der Waals surface area contributed by atoms with Gasteiger partial charge in [0.1, 0.15) is 5.84 Å². The van der Waals surface area contributed by atoms with Crippen LogP contribution in [0.5, 0.6) is 0 Å². The molecule has 0 rings (SSSR count). The second kappa shape index (κ2) is 10.1. The van der Waals surface area contributed by atoms with Gasteiger partial charge in [-0.1, -0.05) is 12.1 Å². The molecule has 0 saturated carbocycles. The van der Waals surface area contributed by atoms with Crippen molar-refractivity contribution in [3.63, 3.8) is 0 Å². The van der Waals surface area contributed by atoms with Crippen molar-refractivity contribution in [2.45, 2.75) is 38.6 Å². The molecule has 1 unspecified atom stereocenters. The van der Waals surface area contributed by atoms with Gasteiger partial charge in [-0.3, -0.25) is 0 Å². The molecule has 0 aliphatic carbocycles. The molecule has 4 nitrogen and oxygen atoms in total. The monoisotopic (exact) mass is 233 g/mol. The van der Waals surface area contributed by atoms with E-state index in [-0.39, 0.29) is 0 Å². The third-order valence-electron chi connectivity index (χ3n) is 2.29. The Morgan fingerprint density at radius 1 is 1.53 bits per heavy atom. The summed E-state index contributed by atoms with van der Waals surface area (Å²) in [4.78, 5) is 0. The Labute approximate surface area is 96.7 Å². The lowest BCUT2D eigenvalue weighted by Gasteiger charge is -2.15. The lowest BCUT2D eigenvalue weighted by atomic mass is 10.1. The lowest BCUT2D eigenvalue weighted by molar-refractivity contribution is 0.315. The normalized spacial score (nSPS) is 14.1. The smallest absolute Gasteiger partial charge is 0.140 e. The summed E-state index contributed by atoms with van der Waals surface area (Å²) >= 11 is 1.88. The summed E-state index contributed by atoms with van der Waals surface area (Å²) in [6.45, 7) is 3.11. The topological polar surface area (TPSA) is 70.6 Å². The fourth-order valence-corrected chi connectivity index (χ4v) is 1.82. The van der Waals surface area contributed by atoms with Crippen LogP contribution in [0.1, 0.15) is 32.6 Å². The molecule has 1 atom stereocenters. The van der Waals surface area contributed by atoms with Gasteiger partial charge in [0, 0.05) is 12.5 Å². The Morgan fingerprint density at radius 2 is 2.27 bits per heavy atom. The van der Waals surface area contributed by atoms with E-state index in [1.165, 1.54) is 18.6 Å². The molecule has 90 valence electrons. The minimum Gasteiger partial charge on any atom is -0.409 e. The van der Waals surface area contributed by atoms with Gasteiger partial charge in [0.15, 0.2) is 0 Å². The van der Waals surface area contributed by atoms with Crippen molar-refractivity contribution in [3.8, 4) is 0 Å². The van der Waals surface area contributed by atoms with Gasteiger partial charge in [-0.05, 0) is 37.8 Å². The standard InChI is InChI=1S/C10H23N3OS/c1-3-9(8-10(11)13-14)12-6-4-5-7-15-2/h9,12,14H,3-8H2,1-2H3,(H2,11,13). The van der Waals surface area contributed by atoms with Crippen LogP contribution in [0.15, 0.2) is 5.16 Å². The van der Waals surface area contributed by atoms with E-state index in [2.05, 4.69) is 23.7 Å².